The zero-order valence-electron chi connectivity index (χ0n) is 11.4. The standard InChI is InChI=1S/C15H18N2O2/c1-10(2)13-8-11(3)16-15(17-13)19-14-7-5-4-6-12(14)9-18/h4-8,10,18H,9H2,1-3H3. The summed E-state index contributed by atoms with van der Waals surface area (Å²) >= 11 is 0. The lowest BCUT2D eigenvalue weighted by Crippen LogP contribution is -2.01. The van der Waals surface area contributed by atoms with Crippen LogP contribution in [0.3, 0.4) is 0 Å². The van der Waals surface area contributed by atoms with Gasteiger partial charge in [0.15, 0.2) is 0 Å². The van der Waals surface area contributed by atoms with Crippen LogP contribution in [-0.2, 0) is 6.61 Å². The van der Waals surface area contributed by atoms with Crippen LogP contribution >= 0.6 is 0 Å². The minimum Gasteiger partial charge on any atom is -0.424 e. The van der Waals surface area contributed by atoms with Gasteiger partial charge < -0.3 is 9.84 Å². The maximum Gasteiger partial charge on any atom is 0.322 e. The molecule has 0 aliphatic heterocycles. The first kappa shape index (κ1) is 13.5. The predicted octanol–water partition coefficient (Wildman–Crippen LogP) is 3.19. The number of aliphatic hydroxyl groups is 1. The normalized spacial score (nSPS) is 10.8. The molecule has 0 unspecified atom stereocenters. The van der Waals surface area contributed by atoms with Crippen molar-refractivity contribution < 1.29 is 9.84 Å². The molecule has 1 heterocycles. The highest BCUT2D eigenvalue weighted by molar-refractivity contribution is 5.34. The van der Waals surface area contributed by atoms with Gasteiger partial charge in [-0.25, -0.2) is 4.98 Å². The van der Waals surface area contributed by atoms with Crippen LogP contribution in [0.1, 0.15) is 36.7 Å². The topological polar surface area (TPSA) is 55.2 Å². The Balaban J connectivity index is 2.32. The molecule has 2 rings (SSSR count). The molecule has 0 atom stereocenters. The number of aliphatic hydroxyl groups excluding tert-OH is 1. The highest BCUT2D eigenvalue weighted by atomic mass is 16.5. The van der Waals surface area contributed by atoms with Gasteiger partial charge in [-0.05, 0) is 25.0 Å². The third-order valence-corrected chi connectivity index (χ3v) is 2.79. The van der Waals surface area contributed by atoms with Crippen LogP contribution in [0.15, 0.2) is 30.3 Å². The second kappa shape index (κ2) is 5.80. The number of nitrogens with zero attached hydrogens (tertiary/aromatic N) is 2. The molecule has 0 radical (unpaired) electrons. The minimum atomic E-state index is -0.0704. The first-order valence-electron chi connectivity index (χ1n) is 6.32. The molecule has 100 valence electrons. The summed E-state index contributed by atoms with van der Waals surface area (Å²) in [5.41, 5.74) is 2.54. The van der Waals surface area contributed by atoms with E-state index in [9.17, 15) is 5.11 Å². The summed E-state index contributed by atoms with van der Waals surface area (Å²) in [6.45, 7) is 6.00. The maximum atomic E-state index is 9.27. The Kier molecular flexibility index (Phi) is 4.12. The molecule has 0 saturated heterocycles. The second-order valence-electron chi connectivity index (χ2n) is 4.74. The van der Waals surface area contributed by atoms with Gasteiger partial charge in [-0.2, -0.15) is 4.98 Å². The summed E-state index contributed by atoms with van der Waals surface area (Å²) in [5, 5.41) is 9.27. The summed E-state index contributed by atoms with van der Waals surface area (Å²) in [4.78, 5) is 8.66. The maximum absolute atomic E-state index is 9.27. The fourth-order valence-corrected chi connectivity index (χ4v) is 1.74. The van der Waals surface area contributed by atoms with Crippen LogP contribution in [0.25, 0.3) is 0 Å². The van der Waals surface area contributed by atoms with Crippen LogP contribution in [0, 0.1) is 6.92 Å². The highest BCUT2D eigenvalue weighted by Crippen LogP contribution is 2.24. The van der Waals surface area contributed by atoms with Crippen molar-refractivity contribution in [2.45, 2.75) is 33.3 Å². The van der Waals surface area contributed by atoms with Crippen molar-refractivity contribution in [3.8, 4) is 11.8 Å². The van der Waals surface area contributed by atoms with Gasteiger partial charge in [0, 0.05) is 11.3 Å². The molecule has 19 heavy (non-hydrogen) atoms. The van der Waals surface area contributed by atoms with Gasteiger partial charge in [0.25, 0.3) is 0 Å². The van der Waals surface area contributed by atoms with E-state index in [2.05, 4.69) is 23.8 Å². The molecule has 0 saturated carbocycles. The number of rotatable bonds is 4. The molecule has 1 N–H and O–H groups in total. The van der Waals surface area contributed by atoms with Crippen LogP contribution in [-0.4, -0.2) is 15.1 Å². The Morgan fingerprint density at radius 3 is 2.63 bits per heavy atom. The van der Waals surface area contributed by atoms with Crippen molar-refractivity contribution in [3.05, 3.63) is 47.3 Å². The SMILES string of the molecule is Cc1cc(C(C)C)nc(Oc2ccccc2CO)n1. The summed E-state index contributed by atoms with van der Waals surface area (Å²) < 4.78 is 5.69. The number of aryl methyl sites for hydroxylation is 1. The molecular formula is C15H18N2O2. The van der Waals surface area contributed by atoms with E-state index in [1.807, 2.05) is 31.2 Å². The zero-order chi connectivity index (χ0) is 13.8. The first-order valence-corrected chi connectivity index (χ1v) is 6.32. The van der Waals surface area contributed by atoms with Crippen LogP contribution < -0.4 is 4.74 Å². The van der Waals surface area contributed by atoms with Gasteiger partial charge in [-0.15, -0.1) is 0 Å². The van der Waals surface area contributed by atoms with Crippen molar-refractivity contribution >= 4 is 0 Å². The highest BCUT2D eigenvalue weighted by Gasteiger charge is 2.09. The number of benzene rings is 1. The van der Waals surface area contributed by atoms with Gasteiger partial charge in [0.05, 0.1) is 12.3 Å². The van der Waals surface area contributed by atoms with Gasteiger partial charge in [-0.1, -0.05) is 32.0 Å². The van der Waals surface area contributed by atoms with E-state index in [-0.39, 0.29) is 6.61 Å². The van der Waals surface area contributed by atoms with Crippen LogP contribution in [0.4, 0.5) is 0 Å². The fourth-order valence-electron chi connectivity index (χ4n) is 1.74. The van der Waals surface area contributed by atoms with Crippen molar-refractivity contribution in [3.63, 3.8) is 0 Å². The lowest BCUT2D eigenvalue weighted by molar-refractivity contribution is 0.275. The fraction of sp³-hybridized carbons (Fsp3) is 0.333. The summed E-state index contributed by atoms with van der Waals surface area (Å²) in [7, 11) is 0. The Labute approximate surface area is 113 Å². The summed E-state index contributed by atoms with van der Waals surface area (Å²) in [6, 6.07) is 9.60. The first-order chi connectivity index (χ1) is 9.10. The molecule has 4 heteroatoms. The van der Waals surface area contributed by atoms with Crippen molar-refractivity contribution in [1.29, 1.82) is 0 Å². The minimum absolute atomic E-state index is 0.0704. The monoisotopic (exact) mass is 258 g/mol. The molecular weight excluding hydrogens is 240 g/mol. The molecule has 1 aromatic heterocycles. The molecule has 0 aliphatic rings. The van der Waals surface area contributed by atoms with E-state index in [0.717, 1.165) is 17.0 Å². The third kappa shape index (κ3) is 3.29. The third-order valence-electron chi connectivity index (χ3n) is 2.79. The average Bonchev–Trinajstić information content (AvgIpc) is 2.38. The van der Waals surface area contributed by atoms with Gasteiger partial charge in [-0.3, -0.25) is 0 Å². The van der Waals surface area contributed by atoms with Crippen molar-refractivity contribution in [1.82, 2.24) is 9.97 Å². The molecule has 0 aliphatic carbocycles. The lowest BCUT2D eigenvalue weighted by Gasteiger charge is -2.11. The molecule has 0 fully saturated rings. The van der Waals surface area contributed by atoms with Crippen molar-refractivity contribution in [2.24, 2.45) is 0 Å². The average molecular weight is 258 g/mol. The van der Waals surface area contributed by atoms with E-state index in [1.54, 1.807) is 6.07 Å². The van der Waals surface area contributed by atoms with E-state index in [0.29, 0.717) is 17.7 Å². The number of ether oxygens (including phenoxy) is 1. The number of para-hydroxylation sites is 1. The molecule has 4 nitrogen and oxygen atoms in total. The number of hydrogen-bond donors (Lipinski definition) is 1. The van der Waals surface area contributed by atoms with Crippen LogP contribution in [0.5, 0.6) is 11.8 Å². The molecule has 0 spiro atoms. The quantitative estimate of drug-likeness (QED) is 0.915. The van der Waals surface area contributed by atoms with Crippen LogP contribution in [0.2, 0.25) is 0 Å². The van der Waals surface area contributed by atoms with Gasteiger partial charge in [0.2, 0.25) is 0 Å². The van der Waals surface area contributed by atoms with E-state index in [4.69, 9.17) is 4.74 Å². The Morgan fingerprint density at radius 2 is 1.95 bits per heavy atom. The zero-order valence-corrected chi connectivity index (χ0v) is 11.4. The summed E-state index contributed by atoms with van der Waals surface area (Å²) in [6.07, 6.45) is 0. The number of aromatic nitrogens is 2. The Morgan fingerprint density at radius 1 is 1.21 bits per heavy atom. The molecule has 1 aromatic carbocycles. The Hall–Kier alpha value is -1.94. The summed E-state index contributed by atoms with van der Waals surface area (Å²) in [5.74, 6) is 0.905. The predicted molar refractivity (Wildman–Crippen MR) is 73.3 cm³/mol. The molecule has 2 aromatic rings. The van der Waals surface area contributed by atoms with E-state index >= 15 is 0 Å². The molecule has 0 bridgehead atoms. The van der Waals surface area contributed by atoms with Gasteiger partial charge in [0.1, 0.15) is 5.75 Å². The largest absolute Gasteiger partial charge is 0.424 e. The van der Waals surface area contributed by atoms with E-state index in [1.165, 1.54) is 0 Å². The second-order valence-corrected chi connectivity index (χ2v) is 4.74. The van der Waals surface area contributed by atoms with E-state index < -0.39 is 0 Å². The lowest BCUT2D eigenvalue weighted by atomic mass is 10.1. The van der Waals surface area contributed by atoms with Gasteiger partial charge >= 0.3 is 6.01 Å². The van der Waals surface area contributed by atoms with Crippen molar-refractivity contribution in [2.75, 3.05) is 0 Å². The Bertz CT molecular complexity index is 568. The smallest absolute Gasteiger partial charge is 0.322 e. The molecule has 0 amide bonds. The number of hydrogen-bond acceptors (Lipinski definition) is 4.